The number of rotatable bonds is 3. The van der Waals surface area contributed by atoms with Gasteiger partial charge in [-0.15, -0.1) is 0 Å². The minimum Gasteiger partial charge on any atom is -0.322 e. The number of likely N-dealkylation sites (N-methyl/N-ethyl adjacent to an activating group) is 1. The molecule has 6 nitrogen and oxygen atoms in total. The van der Waals surface area contributed by atoms with E-state index in [1.807, 2.05) is 0 Å². The topological polar surface area (TPSA) is 69.7 Å². The van der Waals surface area contributed by atoms with E-state index in [1.54, 1.807) is 44.2 Å². The molecule has 4 rings (SSSR count). The highest BCUT2D eigenvalue weighted by Gasteiger charge is 2.60. The monoisotopic (exact) mass is 381 g/mol. The van der Waals surface area contributed by atoms with E-state index < -0.39 is 17.4 Å². The molecule has 2 aliphatic rings. The number of carbonyl (C=O) groups excluding carboxylic acids is 3. The fourth-order valence-electron chi connectivity index (χ4n) is 4.16. The van der Waals surface area contributed by atoms with E-state index in [2.05, 4.69) is 5.32 Å². The van der Waals surface area contributed by atoms with E-state index in [-0.39, 0.29) is 31.2 Å². The number of hydrogen-bond donors (Lipinski definition) is 1. The number of carbonyl (C=O) groups is 3. The van der Waals surface area contributed by atoms with Gasteiger partial charge in [0.25, 0.3) is 11.8 Å². The van der Waals surface area contributed by atoms with Crippen LogP contribution >= 0.6 is 0 Å². The fraction of sp³-hybridized carbons (Fsp3) is 0.286. The average molecular weight is 381 g/mol. The Morgan fingerprint density at radius 2 is 1.96 bits per heavy atom. The average Bonchev–Trinajstić information content (AvgIpc) is 3.03. The Morgan fingerprint density at radius 1 is 1.21 bits per heavy atom. The standard InChI is InChI=1S/C21H20FN3O3/c1-3-24-19(27)15-6-4-5-7-17(15)25-18(26)10-11-21(24,25)20(28)23-16-12-14(22)9-8-13(16)2/h4-9,12H,3,10-11H2,1-2H3,(H,23,28). The van der Waals surface area contributed by atoms with E-state index in [4.69, 9.17) is 0 Å². The van der Waals surface area contributed by atoms with Gasteiger partial charge < -0.3 is 10.2 Å². The van der Waals surface area contributed by atoms with Gasteiger partial charge in [0.1, 0.15) is 5.82 Å². The molecule has 1 fully saturated rings. The molecule has 2 aromatic rings. The Labute approximate surface area is 161 Å². The summed E-state index contributed by atoms with van der Waals surface area (Å²) < 4.78 is 13.7. The number of fused-ring (bicyclic) bond motifs is 3. The molecule has 1 atom stereocenters. The van der Waals surface area contributed by atoms with Gasteiger partial charge in [-0.25, -0.2) is 4.39 Å². The smallest absolute Gasteiger partial charge is 0.271 e. The Bertz CT molecular complexity index is 1010. The summed E-state index contributed by atoms with van der Waals surface area (Å²) >= 11 is 0. The predicted molar refractivity (Wildman–Crippen MR) is 102 cm³/mol. The maximum absolute atomic E-state index is 13.7. The van der Waals surface area contributed by atoms with Crippen molar-refractivity contribution in [3.63, 3.8) is 0 Å². The Morgan fingerprint density at radius 3 is 2.71 bits per heavy atom. The quantitative estimate of drug-likeness (QED) is 0.888. The zero-order valence-electron chi connectivity index (χ0n) is 15.7. The Kier molecular flexibility index (Phi) is 4.18. The van der Waals surface area contributed by atoms with Crippen LogP contribution < -0.4 is 10.2 Å². The van der Waals surface area contributed by atoms with E-state index in [1.165, 1.54) is 21.9 Å². The van der Waals surface area contributed by atoms with Crippen LogP contribution in [0.15, 0.2) is 42.5 Å². The van der Waals surface area contributed by atoms with Crippen LogP contribution in [0.1, 0.15) is 35.7 Å². The molecule has 2 aliphatic heterocycles. The molecule has 1 unspecified atom stereocenters. The minimum atomic E-state index is -1.46. The largest absolute Gasteiger partial charge is 0.322 e. The normalized spacial score (nSPS) is 20.8. The lowest BCUT2D eigenvalue weighted by Crippen LogP contribution is -2.69. The molecule has 3 amide bonds. The van der Waals surface area contributed by atoms with Crippen LogP contribution in [0.25, 0.3) is 0 Å². The van der Waals surface area contributed by atoms with Gasteiger partial charge in [0.15, 0.2) is 0 Å². The fourth-order valence-corrected chi connectivity index (χ4v) is 4.16. The van der Waals surface area contributed by atoms with Crippen molar-refractivity contribution >= 4 is 29.1 Å². The van der Waals surface area contributed by atoms with Gasteiger partial charge >= 0.3 is 0 Å². The number of anilines is 2. The third kappa shape index (κ3) is 2.42. The summed E-state index contributed by atoms with van der Waals surface area (Å²) in [5.41, 5.74) is 0.375. The van der Waals surface area contributed by atoms with Crippen molar-refractivity contribution in [3.8, 4) is 0 Å². The van der Waals surface area contributed by atoms with Crippen LogP contribution in [0.4, 0.5) is 15.8 Å². The van der Waals surface area contributed by atoms with Gasteiger partial charge in [-0.3, -0.25) is 19.3 Å². The molecule has 0 radical (unpaired) electrons. The first-order valence-corrected chi connectivity index (χ1v) is 9.22. The third-order valence-corrected chi connectivity index (χ3v) is 5.50. The van der Waals surface area contributed by atoms with Crippen molar-refractivity contribution in [3.05, 3.63) is 59.4 Å². The lowest BCUT2D eigenvalue weighted by molar-refractivity contribution is -0.128. The van der Waals surface area contributed by atoms with Gasteiger partial charge in [0.05, 0.1) is 11.3 Å². The molecule has 28 heavy (non-hydrogen) atoms. The first-order valence-electron chi connectivity index (χ1n) is 9.22. The molecule has 1 saturated heterocycles. The summed E-state index contributed by atoms with van der Waals surface area (Å²) in [7, 11) is 0. The number of nitrogens with one attached hydrogen (secondary N) is 1. The first kappa shape index (κ1) is 18.2. The van der Waals surface area contributed by atoms with Crippen LogP contribution in [-0.2, 0) is 9.59 Å². The predicted octanol–water partition coefficient (Wildman–Crippen LogP) is 3.07. The van der Waals surface area contributed by atoms with E-state index in [0.717, 1.165) is 0 Å². The van der Waals surface area contributed by atoms with Crippen LogP contribution in [0, 0.1) is 12.7 Å². The Hall–Kier alpha value is -3.22. The molecule has 7 heteroatoms. The molecule has 144 valence electrons. The summed E-state index contributed by atoms with van der Waals surface area (Å²) in [6.07, 6.45) is 0.327. The highest BCUT2D eigenvalue weighted by Crippen LogP contribution is 2.44. The van der Waals surface area contributed by atoms with Crippen LogP contribution in [-0.4, -0.2) is 34.8 Å². The molecule has 2 aromatic carbocycles. The lowest BCUT2D eigenvalue weighted by atomic mass is 9.95. The van der Waals surface area contributed by atoms with Gasteiger partial charge in [-0.1, -0.05) is 18.2 Å². The summed E-state index contributed by atoms with van der Waals surface area (Å²) in [4.78, 5) is 42.2. The second-order valence-corrected chi connectivity index (χ2v) is 7.03. The van der Waals surface area contributed by atoms with Crippen molar-refractivity contribution in [1.82, 2.24) is 4.90 Å². The molecule has 2 heterocycles. The Balaban J connectivity index is 1.85. The summed E-state index contributed by atoms with van der Waals surface area (Å²) in [5.74, 6) is -1.51. The van der Waals surface area contributed by atoms with Gasteiger partial charge in [-0.05, 0) is 43.7 Å². The molecular formula is C21H20FN3O3. The van der Waals surface area contributed by atoms with E-state index in [0.29, 0.717) is 22.5 Å². The SMILES string of the molecule is CCN1C(=O)c2ccccc2N2C(=O)CCC12C(=O)Nc1cc(F)ccc1C. The van der Waals surface area contributed by atoms with Gasteiger partial charge in [-0.2, -0.15) is 0 Å². The second-order valence-electron chi connectivity index (χ2n) is 7.03. The maximum atomic E-state index is 13.7. The first-order chi connectivity index (χ1) is 13.4. The van der Waals surface area contributed by atoms with Crippen LogP contribution in [0.3, 0.4) is 0 Å². The number of benzene rings is 2. The second kappa shape index (κ2) is 6.44. The lowest BCUT2D eigenvalue weighted by Gasteiger charge is -2.48. The van der Waals surface area contributed by atoms with Gasteiger partial charge in [0.2, 0.25) is 11.6 Å². The third-order valence-electron chi connectivity index (χ3n) is 5.50. The van der Waals surface area contributed by atoms with Crippen LogP contribution in [0.2, 0.25) is 0 Å². The molecule has 0 bridgehead atoms. The minimum absolute atomic E-state index is 0.146. The summed E-state index contributed by atoms with van der Waals surface area (Å²) in [5, 5.41) is 2.75. The highest BCUT2D eigenvalue weighted by molar-refractivity contribution is 6.18. The highest BCUT2D eigenvalue weighted by atomic mass is 19.1. The molecular weight excluding hydrogens is 361 g/mol. The zero-order chi connectivity index (χ0) is 20.1. The maximum Gasteiger partial charge on any atom is 0.271 e. The number of para-hydroxylation sites is 1. The van der Waals surface area contributed by atoms with E-state index >= 15 is 0 Å². The van der Waals surface area contributed by atoms with Crippen molar-refractivity contribution < 1.29 is 18.8 Å². The van der Waals surface area contributed by atoms with Crippen molar-refractivity contribution in [2.45, 2.75) is 32.4 Å². The number of nitrogens with zero attached hydrogens (tertiary/aromatic N) is 2. The van der Waals surface area contributed by atoms with Gasteiger partial charge in [0, 0.05) is 25.1 Å². The number of hydrogen-bond acceptors (Lipinski definition) is 3. The molecule has 0 aromatic heterocycles. The summed E-state index contributed by atoms with van der Waals surface area (Å²) in [6, 6.07) is 10.9. The molecule has 0 aliphatic carbocycles. The van der Waals surface area contributed by atoms with Crippen molar-refractivity contribution in [2.75, 3.05) is 16.8 Å². The summed E-state index contributed by atoms with van der Waals surface area (Å²) in [6.45, 7) is 3.78. The van der Waals surface area contributed by atoms with Crippen molar-refractivity contribution in [1.29, 1.82) is 0 Å². The van der Waals surface area contributed by atoms with Crippen molar-refractivity contribution in [2.24, 2.45) is 0 Å². The zero-order valence-corrected chi connectivity index (χ0v) is 15.7. The number of amides is 3. The molecule has 1 N–H and O–H groups in total. The molecule has 0 saturated carbocycles. The molecule has 0 spiro atoms. The number of aryl methyl sites for hydroxylation is 1. The van der Waals surface area contributed by atoms with E-state index in [9.17, 15) is 18.8 Å². The number of halogens is 1. The van der Waals surface area contributed by atoms with Crippen LogP contribution in [0.5, 0.6) is 0 Å².